The van der Waals surface area contributed by atoms with Crippen LogP contribution < -0.4 is 0 Å². The third-order valence-electron chi connectivity index (χ3n) is 2.69. The second kappa shape index (κ2) is 5.66. The number of hydrogen-bond donors (Lipinski definition) is 2. The van der Waals surface area contributed by atoms with Gasteiger partial charge in [-0.15, -0.1) is 0 Å². The average molecular weight is 208 g/mol. The SMILES string of the molecule is CC(=N)C(C)CCN(C)Cc1cn[nH]c1. The molecule has 0 bridgehead atoms. The molecule has 0 aromatic carbocycles. The van der Waals surface area contributed by atoms with E-state index in [0.29, 0.717) is 5.92 Å². The highest BCUT2D eigenvalue weighted by atomic mass is 15.1. The van der Waals surface area contributed by atoms with Crippen LogP contribution in [-0.2, 0) is 6.54 Å². The van der Waals surface area contributed by atoms with Crippen LogP contribution in [0.5, 0.6) is 0 Å². The van der Waals surface area contributed by atoms with Gasteiger partial charge in [-0.25, -0.2) is 0 Å². The third-order valence-corrected chi connectivity index (χ3v) is 2.69. The van der Waals surface area contributed by atoms with Gasteiger partial charge in [-0.1, -0.05) is 6.92 Å². The van der Waals surface area contributed by atoms with E-state index in [0.717, 1.165) is 25.2 Å². The molecule has 0 fully saturated rings. The van der Waals surface area contributed by atoms with Crippen LogP contribution >= 0.6 is 0 Å². The van der Waals surface area contributed by atoms with Crippen molar-refractivity contribution >= 4 is 5.71 Å². The Morgan fingerprint density at radius 1 is 1.67 bits per heavy atom. The van der Waals surface area contributed by atoms with Crippen molar-refractivity contribution in [3.05, 3.63) is 18.0 Å². The Bertz CT molecular complexity index is 292. The van der Waals surface area contributed by atoms with E-state index < -0.39 is 0 Å². The molecule has 15 heavy (non-hydrogen) atoms. The van der Waals surface area contributed by atoms with Crippen LogP contribution in [0.3, 0.4) is 0 Å². The summed E-state index contributed by atoms with van der Waals surface area (Å²) >= 11 is 0. The minimum atomic E-state index is 0.386. The Kier molecular flexibility index (Phi) is 4.49. The second-order valence-electron chi connectivity index (χ2n) is 4.22. The maximum atomic E-state index is 7.51. The van der Waals surface area contributed by atoms with E-state index in [1.807, 2.05) is 19.3 Å². The lowest BCUT2D eigenvalue weighted by Gasteiger charge is -2.18. The summed E-state index contributed by atoms with van der Waals surface area (Å²) in [5.41, 5.74) is 1.98. The van der Waals surface area contributed by atoms with Crippen LogP contribution in [0.25, 0.3) is 0 Å². The molecule has 2 N–H and O–H groups in total. The maximum Gasteiger partial charge on any atom is 0.0532 e. The van der Waals surface area contributed by atoms with E-state index in [2.05, 4.69) is 29.1 Å². The minimum absolute atomic E-state index is 0.386. The lowest BCUT2D eigenvalue weighted by molar-refractivity contribution is 0.312. The Labute approximate surface area is 91.2 Å². The molecular formula is C11H20N4. The monoisotopic (exact) mass is 208 g/mol. The van der Waals surface area contributed by atoms with Crippen molar-refractivity contribution in [1.82, 2.24) is 15.1 Å². The number of aromatic nitrogens is 2. The summed E-state index contributed by atoms with van der Waals surface area (Å²) < 4.78 is 0. The van der Waals surface area contributed by atoms with Crippen LogP contribution in [0.15, 0.2) is 12.4 Å². The summed E-state index contributed by atoms with van der Waals surface area (Å²) in [4.78, 5) is 2.25. The zero-order valence-electron chi connectivity index (χ0n) is 9.75. The lowest BCUT2D eigenvalue weighted by Crippen LogP contribution is -2.22. The summed E-state index contributed by atoms with van der Waals surface area (Å²) in [6, 6.07) is 0. The van der Waals surface area contributed by atoms with Crippen LogP contribution in [0.4, 0.5) is 0 Å². The molecule has 0 saturated carbocycles. The fraction of sp³-hybridized carbons (Fsp3) is 0.636. The quantitative estimate of drug-likeness (QED) is 0.702. The van der Waals surface area contributed by atoms with Gasteiger partial charge in [0.05, 0.1) is 6.20 Å². The van der Waals surface area contributed by atoms with E-state index in [-0.39, 0.29) is 0 Å². The number of nitrogens with zero attached hydrogens (tertiary/aromatic N) is 2. The van der Waals surface area contributed by atoms with Gasteiger partial charge in [0.25, 0.3) is 0 Å². The van der Waals surface area contributed by atoms with Crippen LogP contribution in [0.1, 0.15) is 25.8 Å². The summed E-state index contributed by atoms with van der Waals surface area (Å²) in [5.74, 6) is 0.386. The van der Waals surface area contributed by atoms with Gasteiger partial charge in [-0.05, 0) is 32.9 Å². The van der Waals surface area contributed by atoms with Gasteiger partial charge in [0.15, 0.2) is 0 Å². The van der Waals surface area contributed by atoms with E-state index in [9.17, 15) is 0 Å². The highest BCUT2D eigenvalue weighted by Crippen LogP contribution is 2.06. The normalized spacial score (nSPS) is 13.1. The molecule has 1 heterocycles. The summed E-state index contributed by atoms with van der Waals surface area (Å²) in [5, 5.41) is 14.2. The number of hydrogen-bond acceptors (Lipinski definition) is 3. The molecule has 1 atom stereocenters. The van der Waals surface area contributed by atoms with Crippen LogP contribution in [-0.4, -0.2) is 34.4 Å². The average Bonchev–Trinajstić information content (AvgIpc) is 2.66. The molecular weight excluding hydrogens is 188 g/mol. The van der Waals surface area contributed by atoms with Gasteiger partial charge < -0.3 is 10.3 Å². The van der Waals surface area contributed by atoms with Crippen LogP contribution in [0, 0.1) is 11.3 Å². The first-order chi connectivity index (χ1) is 7.09. The number of aromatic amines is 1. The zero-order chi connectivity index (χ0) is 11.3. The van der Waals surface area contributed by atoms with Gasteiger partial charge in [0.1, 0.15) is 0 Å². The van der Waals surface area contributed by atoms with E-state index in [1.54, 1.807) is 0 Å². The molecule has 1 aromatic rings. The first-order valence-corrected chi connectivity index (χ1v) is 5.31. The van der Waals surface area contributed by atoms with Crippen molar-refractivity contribution in [3.63, 3.8) is 0 Å². The predicted molar refractivity (Wildman–Crippen MR) is 62.1 cm³/mol. The first kappa shape index (κ1) is 11.9. The summed E-state index contributed by atoms with van der Waals surface area (Å²) in [6.07, 6.45) is 4.81. The van der Waals surface area contributed by atoms with Crippen molar-refractivity contribution < 1.29 is 0 Å². The van der Waals surface area contributed by atoms with Gasteiger partial charge in [0.2, 0.25) is 0 Å². The van der Waals surface area contributed by atoms with Crippen molar-refractivity contribution in [2.75, 3.05) is 13.6 Å². The Morgan fingerprint density at radius 3 is 2.93 bits per heavy atom. The molecule has 0 aliphatic heterocycles. The number of H-pyrrole nitrogens is 1. The van der Waals surface area contributed by atoms with Crippen molar-refractivity contribution in [2.45, 2.75) is 26.8 Å². The summed E-state index contributed by atoms with van der Waals surface area (Å²) in [7, 11) is 2.10. The second-order valence-corrected chi connectivity index (χ2v) is 4.22. The molecule has 4 nitrogen and oxygen atoms in total. The van der Waals surface area contributed by atoms with Crippen molar-refractivity contribution in [2.24, 2.45) is 5.92 Å². The largest absolute Gasteiger partial charge is 0.310 e. The summed E-state index contributed by atoms with van der Waals surface area (Å²) in [6.45, 7) is 5.91. The van der Waals surface area contributed by atoms with Gasteiger partial charge >= 0.3 is 0 Å². The van der Waals surface area contributed by atoms with Crippen molar-refractivity contribution in [1.29, 1.82) is 5.41 Å². The molecule has 0 spiro atoms. The molecule has 0 saturated heterocycles. The zero-order valence-corrected chi connectivity index (χ0v) is 9.75. The van der Waals surface area contributed by atoms with E-state index in [4.69, 9.17) is 5.41 Å². The molecule has 1 rings (SSSR count). The molecule has 0 aliphatic rings. The number of rotatable bonds is 6. The molecule has 0 radical (unpaired) electrons. The van der Waals surface area contributed by atoms with Gasteiger partial charge in [-0.3, -0.25) is 5.10 Å². The van der Waals surface area contributed by atoms with Crippen molar-refractivity contribution in [3.8, 4) is 0 Å². The molecule has 84 valence electrons. The number of nitrogens with one attached hydrogen (secondary N) is 2. The van der Waals surface area contributed by atoms with Gasteiger partial charge in [0, 0.05) is 24.0 Å². The highest BCUT2D eigenvalue weighted by molar-refractivity contribution is 5.80. The first-order valence-electron chi connectivity index (χ1n) is 5.31. The maximum absolute atomic E-state index is 7.51. The predicted octanol–water partition coefficient (Wildman–Crippen LogP) is 1.91. The smallest absolute Gasteiger partial charge is 0.0532 e. The topological polar surface area (TPSA) is 55.8 Å². The molecule has 1 aromatic heterocycles. The van der Waals surface area contributed by atoms with Gasteiger partial charge in [-0.2, -0.15) is 5.10 Å². The van der Waals surface area contributed by atoms with Crippen LogP contribution in [0.2, 0.25) is 0 Å². The van der Waals surface area contributed by atoms with E-state index in [1.165, 1.54) is 5.56 Å². The molecule has 0 aliphatic carbocycles. The Balaban J connectivity index is 2.25. The molecule has 4 heteroatoms. The highest BCUT2D eigenvalue weighted by Gasteiger charge is 2.06. The van der Waals surface area contributed by atoms with E-state index >= 15 is 0 Å². The Morgan fingerprint density at radius 2 is 2.40 bits per heavy atom. The molecule has 0 amide bonds. The Hall–Kier alpha value is -1.16. The molecule has 1 unspecified atom stereocenters. The fourth-order valence-electron chi connectivity index (χ4n) is 1.39. The lowest BCUT2D eigenvalue weighted by atomic mass is 10.0. The fourth-order valence-corrected chi connectivity index (χ4v) is 1.39. The minimum Gasteiger partial charge on any atom is -0.310 e. The third kappa shape index (κ3) is 4.25. The standard InChI is InChI=1S/C11H20N4/c1-9(10(2)12)4-5-15(3)8-11-6-13-14-7-11/h6-7,9,12H,4-5,8H2,1-3H3,(H,13,14).